The SMILES string of the molecule is Cc1nc(-c2ccccn2)sc1C(=O)O[C@H](C)C(=O)Nc1ccc(F)cc1. The van der Waals surface area contributed by atoms with Crippen molar-refractivity contribution in [3.05, 3.63) is 65.0 Å². The van der Waals surface area contributed by atoms with Crippen LogP contribution in [0.3, 0.4) is 0 Å². The number of aromatic nitrogens is 2. The number of pyridine rings is 1. The summed E-state index contributed by atoms with van der Waals surface area (Å²) in [5.41, 5.74) is 1.58. The van der Waals surface area contributed by atoms with E-state index in [-0.39, 0.29) is 0 Å². The fourth-order valence-electron chi connectivity index (χ4n) is 2.23. The van der Waals surface area contributed by atoms with Gasteiger partial charge in [0, 0.05) is 11.9 Å². The molecule has 27 heavy (non-hydrogen) atoms. The summed E-state index contributed by atoms with van der Waals surface area (Å²) >= 11 is 1.16. The summed E-state index contributed by atoms with van der Waals surface area (Å²) in [5.74, 6) is -1.55. The number of hydrogen-bond acceptors (Lipinski definition) is 6. The molecule has 0 aliphatic rings. The van der Waals surface area contributed by atoms with Gasteiger partial charge in [-0.3, -0.25) is 9.78 Å². The molecule has 0 fully saturated rings. The van der Waals surface area contributed by atoms with E-state index in [9.17, 15) is 14.0 Å². The summed E-state index contributed by atoms with van der Waals surface area (Å²) in [6.07, 6.45) is 0.619. The van der Waals surface area contributed by atoms with E-state index in [0.717, 1.165) is 11.3 Å². The van der Waals surface area contributed by atoms with Crippen molar-refractivity contribution in [2.75, 3.05) is 5.32 Å². The quantitative estimate of drug-likeness (QED) is 0.675. The summed E-state index contributed by atoms with van der Waals surface area (Å²) in [4.78, 5) is 33.5. The van der Waals surface area contributed by atoms with Crippen molar-refractivity contribution < 1.29 is 18.7 Å². The first-order valence-corrected chi connectivity index (χ1v) is 8.92. The van der Waals surface area contributed by atoms with E-state index in [0.29, 0.717) is 27.0 Å². The number of halogens is 1. The number of anilines is 1. The molecule has 0 radical (unpaired) electrons. The van der Waals surface area contributed by atoms with Crippen molar-refractivity contribution in [1.82, 2.24) is 9.97 Å². The molecule has 1 atom stereocenters. The van der Waals surface area contributed by atoms with Gasteiger partial charge in [-0.1, -0.05) is 6.07 Å². The average Bonchev–Trinajstić information content (AvgIpc) is 3.06. The van der Waals surface area contributed by atoms with Crippen LogP contribution in [0.1, 0.15) is 22.3 Å². The Labute approximate surface area is 159 Å². The minimum atomic E-state index is -1.03. The molecule has 1 aromatic carbocycles. The highest BCUT2D eigenvalue weighted by Crippen LogP contribution is 2.27. The average molecular weight is 385 g/mol. The zero-order chi connectivity index (χ0) is 19.4. The van der Waals surface area contributed by atoms with Gasteiger partial charge in [0.1, 0.15) is 15.7 Å². The van der Waals surface area contributed by atoms with Crippen molar-refractivity contribution in [2.24, 2.45) is 0 Å². The van der Waals surface area contributed by atoms with Gasteiger partial charge in [-0.05, 0) is 50.2 Å². The fourth-order valence-corrected chi connectivity index (χ4v) is 3.16. The smallest absolute Gasteiger partial charge is 0.351 e. The van der Waals surface area contributed by atoms with E-state index in [4.69, 9.17) is 4.74 Å². The fraction of sp³-hybridized carbons (Fsp3) is 0.158. The predicted octanol–water partition coefficient (Wildman–Crippen LogP) is 3.84. The van der Waals surface area contributed by atoms with Gasteiger partial charge in [-0.15, -0.1) is 11.3 Å². The van der Waals surface area contributed by atoms with Gasteiger partial charge in [0.2, 0.25) is 0 Å². The monoisotopic (exact) mass is 385 g/mol. The Hall–Kier alpha value is -3.13. The lowest BCUT2D eigenvalue weighted by atomic mass is 10.3. The zero-order valence-electron chi connectivity index (χ0n) is 14.6. The van der Waals surface area contributed by atoms with Crippen LogP contribution < -0.4 is 5.32 Å². The minimum Gasteiger partial charge on any atom is -0.448 e. The van der Waals surface area contributed by atoms with Crippen molar-refractivity contribution in [3.63, 3.8) is 0 Å². The molecule has 3 rings (SSSR count). The van der Waals surface area contributed by atoms with Crippen LogP contribution in [0.5, 0.6) is 0 Å². The second kappa shape index (κ2) is 8.05. The molecule has 0 aliphatic heterocycles. The lowest BCUT2D eigenvalue weighted by molar-refractivity contribution is -0.123. The van der Waals surface area contributed by atoms with E-state index < -0.39 is 23.8 Å². The Morgan fingerprint density at radius 1 is 1.19 bits per heavy atom. The first kappa shape index (κ1) is 18.7. The van der Waals surface area contributed by atoms with Gasteiger partial charge in [-0.2, -0.15) is 0 Å². The molecule has 1 N–H and O–H groups in total. The number of aryl methyl sites for hydroxylation is 1. The lowest BCUT2D eigenvalue weighted by Crippen LogP contribution is -2.29. The molecule has 0 bridgehead atoms. The Morgan fingerprint density at radius 2 is 1.93 bits per heavy atom. The number of amides is 1. The molecule has 0 aliphatic carbocycles. The van der Waals surface area contributed by atoms with Crippen LogP contribution in [0.15, 0.2) is 48.7 Å². The van der Waals surface area contributed by atoms with E-state index in [1.165, 1.54) is 31.2 Å². The Kier molecular flexibility index (Phi) is 5.56. The number of rotatable bonds is 5. The second-order valence-corrected chi connectivity index (χ2v) is 6.69. The Balaban J connectivity index is 1.67. The molecule has 138 valence electrons. The number of carbonyl (C=O) groups is 2. The number of ether oxygens (including phenoxy) is 1. The van der Waals surface area contributed by atoms with Crippen LogP contribution in [0.2, 0.25) is 0 Å². The highest BCUT2D eigenvalue weighted by Gasteiger charge is 2.23. The van der Waals surface area contributed by atoms with Gasteiger partial charge in [-0.25, -0.2) is 14.2 Å². The van der Waals surface area contributed by atoms with E-state index in [1.54, 1.807) is 25.3 Å². The van der Waals surface area contributed by atoms with Gasteiger partial charge >= 0.3 is 5.97 Å². The largest absolute Gasteiger partial charge is 0.448 e. The van der Waals surface area contributed by atoms with E-state index in [1.807, 2.05) is 6.07 Å². The van der Waals surface area contributed by atoms with E-state index >= 15 is 0 Å². The highest BCUT2D eigenvalue weighted by atomic mass is 32.1. The third-order valence-corrected chi connectivity index (χ3v) is 4.79. The molecule has 6 nitrogen and oxygen atoms in total. The lowest BCUT2D eigenvalue weighted by Gasteiger charge is -2.13. The zero-order valence-corrected chi connectivity index (χ0v) is 15.4. The number of hydrogen-bond donors (Lipinski definition) is 1. The van der Waals surface area contributed by atoms with Crippen LogP contribution in [0.25, 0.3) is 10.7 Å². The molecule has 0 spiro atoms. The number of nitrogens with one attached hydrogen (secondary N) is 1. The van der Waals surface area contributed by atoms with Crippen molar-refractivity contribution in [1.29, 1.82) is 0 Å². The van der Waals surface area contributed by atoms with Gasteiger partial charge in [0.05, 0.1) is 11.4 Å². The number of carbonyl (C=O) groups excluding carboxylic acids is 2. The van der Waals surface area contributed by atoms with Gasteiger partial charge < -0.3 is 10.1 Å². The number of esters is 1. The molecule has 1 amide bonds. The van der Waals surface area contributed by atoms with Crippen LogP contribution >= 0.6 is 11.3 Å². The van der Waals surface area contributed by atoms with Gasteiger partial charge in [0.15, 0.2) is 6.10 Å². The molecular formula is C19H16FN3O3S. The molecular weight excluding hydrogens is 369 g/mol. The first-order chi connectivity index (χ1) is 12.9. The second-order valence-electron chi connectivity index (χ2n) is 5.69. The standard InChI is InChI=1S/C19H16FN3O3S/c1-11-16(27-18(22-11)15-5-3-4-10-21-15)19(25)26-12(2)17(24)23-14-8-6-13(20)7-9-14/h3-10,12H,1-2H3,(H,23,24)/t12-/m1/s1. The van der Waals surface area contributed by atoms with Crippen LogP contribution in [-0.2, 0) is 9.53 Å². The molecule has 3 aromatic rings. The number of benzene rings is 1. The van der Waals surface area contributed by atoms with Crippen molar-refractivity contribution >= 4 is 28.9 Å². The maximum absolute atomic E-state index is 12.9. The summed E-state index contributed by atoms with van der Waals surface area (Å²) in [6, 6.07) is 10.7. The summed E-state index contributed by atoms with van der Waals surface area (Å²) in [5, 5.41) is 3.17. The summed E-state index contributed by atoms with van der Waals surface area (Å²) in [6.45, 7) is 3.16. The highest BCUT2D eigenvalue weighted by molar-refractivity contribution is 7.17. The maximum Gasteiger partial charge on any atom is 0.351 e. The molecule has 2 aromatic heterocycles. The van der Waals surface area contributed by atoms with Crippen LogP contribution in [0, 0.1) is 12.7 Å². The molecule has 0 unspecified atom stereocenters. The number of nitrogens with zero attached hydrogens (tertiary/aromatic N) is 2. The van der Waals surface area contributed by atoms with E-state index in [2.05, 4.69) is 15.3 Å². The van der Waals surface area contributed by atoms with Gasteiger partial charge in [0.25, 0.3) is 5.91 Å². The van der Waals surface area contributed by atoms with Crippen LogP contribution in [0.4, 0.5) is 10.1 Å². The third kappa shape index (κ3) is 4.53. The molecule has 8 heteroatoms. The minimum absolute atomic E-state index is 0.317. The molecule has 2 heterocycles. The topological polar surface area (TPSA) is 81.2 Å². The summed E-state index contributed by atoms with van der Waals surface area (Å²) in [7, 11) is 0. The predicted molar refractivity (Wildman–Crippen MR) is 100.0 cm³/mol. The molecule has 0 saturated heterocycles. The first-order valence-electron chi connectivity index (χ1n) is 8.10. The molecule has 0 saturated carbocycles. The van der Waals surface area contributed by atoms with Crippen molar-refractivity contribution in [2.45, 2.75) is 20.0 Å². The summed E-state index contributed by atoms with van der Waals surface area (Å²) < 4.78 is 18.2. The maximum atomic E-state index is 12.9. The number of thiazole rings is 1. The van der Waals surface area contributed by atoms with Crippen molar-refractivity contribution in [3.8, 4) is 10.7 Å². The third-order valence-electron chi connectivity index (χ3n) is 3.63. The normalized spacial score (nSPS) is 11.7. The van der Waals surface area contributed by atoms with Crippen LogP contribution in [-0.4, -0.2) is 27.9 Å². The Bertz CT molecular complexity index is 958. The Morgan fingerprint density at radius 3 is 2.59 bits per heavy atom.